The van der Waals surface area contributed by atoms with Crippen LogP contribution < -0.4 is 0 Å². The van der Waals surface area contributed by atoms with Gasteiger partial charge in [0.15, 0.2) is 0 Å². The monoisotopic (exact) mass is 226 g/mol. The lowest BCUT2D eigenvalue weighted by atomic mass is 10.1. The molecule has 0 saturated heterocycles. The Kier molecular flexibility index (Phi) is 1.77. The third kappa shape index (κ3) is 1.29. The first-order valence-corrected chi connectivity index (χ1v) is 4.87. The van der Waals surface area contributed by atoms with Crippen molar-refractivity contribution in [3.63, 3.8) is 0 Å². The van der Waals surface area contributed by atoms with E-state index in [2.05, 4.69) is 22.0 Å². The van der Waals surface area contributed by atoms with E-state index in [4.69, 9.17) is 0 Å². The van der Waals surface area contributed by atoms with Crippen molar-refractivity contribution < 1.29 is 5.11 Å². The Morgan fingerprint density at radius 2 is 2.08 bits per heavy atom. The zero-order valence-corrected chi connectivity index (χ0v) is 8.51. The van der Waals surface area contributed by atoms with Crippen molar-refractivity contribution >= 4 is 15.9 Å². The molecular formula is C10H11BrO. The average molecular weight is 227 g/mol. The van der Waals surface area contributed by atoms with Crippen LogP contribution in [0.15, 0.2) is 28.7 Å². The van der Waals surface area contributed by atoms with Gasteiger partial charge in [0.05, 0.1) is 5.60 Å². The first kappa shape index (κ1) is 8.27. The van der Waals surface area contributed by atoms with Gasteiger partial charge in [-0.05, 0) is 25.0 Å². The Hall–Kier alpha value is -0.340. The van der Waals surface area contributed by atoms with Gasteiger partial charge in [0.25, 0.3) is 0 Å². The highest BCUT2D eigenvalue weighted by Crippen LogP contribution is 2.52. The molecule has 0 spiro atoms. The predicted molar refractivity (Wildman–Crippen MR) is 52.1 cm³/mol. The molecule has 0 radical (unpaired) electrons. The lowest BCUT2D eigenvalue weighted by Gasteiger charge is -2.04. The van der Waals surface area contributed by atoms with Crippen LogP contribution in [-0.2, 0) is 0 Å². The smallest absolute Gasteiger partial charge is 0.0696 e. The number of hydrogen-bond donors (Lipinski definition) is 1. The molecule has 2 unspecified atom stereocenters. The topological polar surface area (TPSA) is 20.2 Å². The highest BCUT2D eigenvalue weighted by Gasteiger charge is 2.49. The molecule has 1 N–H and O–H groups in total. The van der Waals surface area contributed by atoms with Crippen LogP contribution >= 0.6 is 15.9 Å². The summed E-state index contributed by atoms with van der Waals surface area (Å²) < 4.78 is 1.10. The van der Waals surface area contributed by atoms with Gasteiger partial charge in [0, 0.05) is 10.4 Å². The van der Waals surface area contributed by atoms with E-state index < -0.39 is 5.60 Å². The quantitative estimate of drug-likeness (QED) is 0.781. The maximum absolute atomic E-state index is 9.65. The molecule has 64 valence electrons. The molecule has 1 saturated carbocycles. The molecule has 2 atom stereocenters. The number of aliphatic hydroxyl groups is 1. The predicted octanol–water partition coefficient (Wildman–Crippen LogP) is 2.69. The molecule has 0 aliphatic heterocycles. The third-order valence-electron chi connectivity index (χ3n) is 2.49. The molecule has 1 nitrogen and oxygen atoms in total. The Morgan fingerprint density at radius 1 is 1.50 bits per heavy atom. The minimum absolute atomic E-state index is 0.327. The Balaban J connectivity index is 2.31. The molecule has 2 rings (SSSR count). The number of hydrogen-bond acceptors (Lipinski definition) is 1. The van der Waals surface area contributed by atoms with Crippen molar-refractivity contribution in [3.8, 4) is 0 Å². The van der Waals surface area contributed by atoms with Gasteiger partial charge in [0.2, 0.25) is 0 Å². The van der Waals surface area contributed by atoms with E-state index in [0.29, 0.717) is 5.92 Å². The fourth-order valence-corrected chi connectivity index (χ4v) is 2.12. The second kappa shape index (κ2) is 2.57. The molecule has 0 amide bonds. The van der Waals surface area contributed by atoms with E-state index >= 15 is 0 Å². The van der Waals surface area contributed by atoms with Crippen molar-refractivity contribution in [1.29, 1.82) is 0 Å². The maximum Gasteiger partial charge on any atom is 0.0696 e. The summed E-state index contributed by atoms with van der Waals surface area (Å²) in [4.78, 5) is 0. The van der Waals surface area contributed by atoms with Crippen molar-refractivity contribution in [2.45, 2.75) is 24.9 Å². The summed E-state index contributed by atoms with van der Waals surface area (Å²) in [6.45, 7) is 1.89. The van der Waals surface area contributed by atoms with Crippen LogP contribution in [0.3, 0.4) is 0 Å². The molecule has 1 aliphatic rings. The maximum atomic E-state index is 9.65. The van der Waals surface area contributed by atoms with E-state index in [1.807, 2.05) is 25.1 Å². The fourth-order valence-electron chi connectivity index (χ4n) is 1.56. The van der Waals surface area contributed by atoms with E-state index in [0.717, 1.165) is 10.9 Å². The summed E-state index contributed by atoms with van der Waals surface area (Å²) in [5.41, 5.74) is 0.756. The van der Waals surface area contributed by atoms with Crippen LogP contribution in [0, 0.1) is 0 Å². The number of rotatable bonds is 1. The molecule has 0 aromatic heterocycles. The highest BCUT2D eigenvalue weighted by atomic mass is 79.9. The molecule has 2 heteroatoms. The van der Waals surface area contributed by atoms with Crippen LogP contribution in [0.4, 0.5) is 0 Å². The fraction of sp³-hybridized carbons (Fsp3) is 0.400. The van der Waals surface area contributed by atoms with Crippen LogP contribution in [-0.4, -0.2) is 10.7 Å². The van der Waals surface area contributed by atoms with E-state index in [9.17, 15) is 5.11 Å². The first-order chi connectivity index (χ1) is 5.61. The molecular weight excluding hydrogens is 216 g/mol. The van der Waals surface area contributed by atoms with E-state index in [-0.39, 0.29) is 0 Å². The van der Waals surface area contributed by atoms with E-state index in [1.54, 1.807) is 0 Å². The minimum Gasteiger partial charge on any atom is -0.390 e. The van der Waals surface area contributed by atoms with Crippen molar-refractivity contribution in [2.75, 3.05) is 0 Å². The highest BCUT2D eigenvalue weighted by molar-refractivity contribution is 9.10. The Bertz CT molecular complexity index is 306. The van der Waals surface area contributed by atoms with Crippen LogP contribution in [0.1, 0.15) is 24.8 Å². The zero-order chi connectivity index (χ0) is 8.77. The van der Waals surface area contributed by atoms with Crippen molar-refractivity contribution in [1.82, 2.24) is 0 Å². The van der Waals surface area contributed by atoms with Gasteiger partial charge in [-0.2, -0.15) is 0 Å². The third-order valence-corrected chi connectivity index (χ3v) is 3.21. The van der Waals surface area contributed by atoms with Crippen LogP contribution in [0.2, 0.25) is 0 Å². The second-order valence-electron chi connectivity index (χ2n) is 3.64. The van der Waals surface area contributed by atoms with Gasteiger partial charge >= 0.3 is 0 Å². The molecule has 0 bridgehead atoms. The first-order valence-electron chi connectivity index (χ1n) is 4.08. The summed E-state index contributed by atoms with van der Waals surface area (Å²) >= 11 is 3.48. The summed E-state index contributed by atoms with van der Waals surface area (Å²) in [6.07, 6.45) is 0.885. The lowest BCUT2D eigenvalue weighted by Crippen LogP contribution is -2.02. The largest absolute Gasteiger partial charge is 0.390 e. The molecule has 0 heterocycles. The minimum atomic E-state index is -0.468. The summed E-state index contributed by atoms with van der Waals surface area (Å²) in [5, 5.41) is 9.65. The lowest BCUT2D eigenvalue weighted by molar-refractivity contribution is 0.164. The average Bonchev–Trinajstić information content (AvgIpc) is 2.61. The van der Waals surface area contributed by atoms with Gasteiger partial charge in [0.1, 0.15) is 0 Å². The summed E-state index contributed by atoms with van der Waals surface area (Å²) in [7, 11) is 0. The van der Waals surface area contributed by atoms with Crippen molar-refractivity contribution in [2.24, 2.45) is 0 Å². The van der Waals surface area contributed by atoms with Gasteiger partial charge in [-0.15, -0.1) is 0 Å². The number of halogens is 1. The molecule has 1 aromatic carbocycles. The van der Waals surface area contributed by atoms with Gasteiger partial charge < -0.3 is 5.11 Å². The molecule has 12 heavy (non-hydrogen) atoms. The Morgan fingerprint density at radius 3 is 2.58 bits per heavy atom. The van der Waals surface area contributed by atoms with E-state index in [1.165, 1.54) is 5.56 Å². The second-order valence-corrected chi connectivity index (χ2v) is 4.49. The number of benzene rings is 1. The van der Waals surface area contributed by atoms with Crippen LogP contribution in [0.5, 0.6) is 0 Å². The van der Waals surface area contributed by atoms with Crippen molar-refractivity contribution in [3.05, 3.63) is 34.3 Å². The van der Waals surface area contributed by atoms with Crippen LogP contribution in [0.25, 0.3) is 0 Å². The molecule has 1 fully saturated rings. The summed E-state index contributed by atoms with van der Waals surface area (Å²) in [6, 6.07) is 8.08. The summed E-state index contributed by atoms with van der Waals surface area (Å²) in [5.74, 6) is 0.327. The standard InChI is InChI=1S/C10H11BrO/c1-10(12)6-8(10)7-4-2-3-5-9(7)11/h2-5,8,12H,6H2,1H3. The van der Waals surface area contributed by atoms with Gasteiger partial charge in [-0.1, -0.05) is 34.1 Å². The normalized spacial score (nSPS) is 33.4. The Labute approximate surface area is 80.5 Å². The SMILES string of the molecule is CC1(O)CC1c1ccccc1Br. The van der Waals surface area contributed by atoms with Gasteiger partial charge in [-0.3, -0.25) is 0 Å². The van der Waals surface area contributed by atoms with Gasteiger partial charge in [-0.25, -0.2) is 0 Å². The molecule has 1 aliphatic carbocycles. The zero-order valence-electron chi connectivity index (χ0n) is 6.92. The molecule has 1 aromatic rings.